The Morgan fingerprint density at radius 3 is 2.69 bits per heavy atom. The Morgan fingerprint density at radius 1 is 1.04 bits per heavy atom. The van der Waals surface area contributed by atoms with Gasteiger partial charge in [0.2, 0.25) is 5.91 Å². The highest BCUT2D eigenvalue weighted by atomic mass is 16.1. The zero-order chi connectivity index (χ0) is 17.8. The number of nitrogens with zero attached hydrogens (tertiary/aromatic N) is 2. The normalized spacial score (nSPS) is 12.0. The first-order valence-corrected chi connectivity index (χ1v) is 8.48. The van der Waals surface area contributed by atoms with Crippen molar-refractivity contribution >= 4 is 22.5 Å². The third-order valence-electron chi connectivity index (χ3n) is 4.37. The molecule has 4 aromatic rings. The number of aromatic nitrogens is 3. The number of hydrogen-bond donors (Lipinski definition) is 2. The number of aromatic amines is 1. The minimum atomic E-state index is -0.316. The molecule has 4 rings (SSSR count). The summed E-state index contributed by atoms with van der Waals surface area (Å²) < 4.78 is 0. The Balaban J connectivity index is 1.60. The fourth-order valence-electron chi connectivity index (χ4n) is 3.02. The average Bonchev–Trinajstić information content (AvgIpc) is 3.15. The van der Waals surface area contributed by atoms with Gasteiger partial charge in [0.25, 0.3) is 0 Å². The molecule has 1 amide bonds. The van der Waals surface area contributed by atoms with Crippen LogP contribution in [-0.2, 0) is 11.2 Å². The summed E-state index contributed by atoms with van der Waals surface area (Å²) in [6.45, 7) is 0. The maximum absolute atomic E-state index is 13.0. The summed E-state index contributed by atoms with van der Waals surface area (Å²) in [6.07, 6.45) is 4.05. The van der Waals surface area contributed by atoms with Crippen molar-refractivity contribution in [2.75, 3.05) is 5.32 Å². The maximum Gasteiger partial charge on any atom is 0.232 e. The van der Waals surface area contributed by atoms with Crippen LogP contribution in [0, 0.1) is 0 Å². The van der Waals surface area contributed by atoms with Crippen LogP contribution in [0.25, 0.3) is 10.9 Å². The van der Waals surface area contributed by atoms with Crippen LogP contribution >= 0.6 is 0 Å². The lowest BCUT2D eigenvalue weighted by Gasteiger charge is -2.17. The molecule has 128 valence electrons. The van der Waals surface area contributed by atoms with Crippen molar-refractivity contribution < 1.29 is 4.79 Å². The Kier molecular flexibility index (Phi) is 4.43. The van der Waals surface area contributed by atoms with Crippen LogP contribution in [0.3, 0.4) is 0 Å². The topological polar surface area (TPSA) is 70.7 Å². The molecule has 0 saturated carbocycles. The van der Waals surface area contributed by atoms with E-state index in [4.69, 9.17) is 0 Å². The molecule has 2 heterocycles. The van der Waals surface area contributed by atoms with Gasteiger partial charge in [-0.3, -0.25) is 14.9 Å². The van der Waals surface area contributed by atoms with Crippen LogP contribution in [-0.4, -0.2) is 21.1 Å². The number of anilines is 1. The average molecular weight is 342 g/mol. The smallest absolute Gasteiger partial charge is 0.232 e. The summed E-state index contributed by atoms with van der Waals surface area (Å²) in [7, 11) is 0. The number of benzene rings is 2. The molecule has 5 heteroatoms. The van der Waals surface area contributed by atoms with Crippen molar-refractivity contribution in [2.24, 2.45) is 0 Å². The molecule has 5 nitrogen and oxygen atoms in total. The van der Waals surface area contributed by atoms with Crippen molar-refractivity contribution in [3.63, 3.8) is 0 Å². The van der Waals surface area contributed by atoms with E-state index in [1.807, 2.05) is 66.7 Å². The van der Waals surface area contributed by atoms with Crippen LogP contribution in [0.1, 0.15) is 17.2 Å². The highest BCUT2D eigenvalue weighted by Crippen LogP contribution is 2.23. The van der Waals surface area contributed by atoms with Gasteiger partial charge >= 0.3 is 0 Å². The van der Waals surface area contributed by atoms with Crippen molar-refractivity contribution in [1.82, 2.24) is 15.2 Å². The summed E-state index contributed by atoms with van der Waals surface area (Å²) in [5, 5.41) is 11.0. The predicted octanol–water partition coefficient (Wildman–Crippen LogP) is 3.92. The van der Waals surface area contributed by atoms with E-state index in [0.717, 1.165) is 27.8 Å². The third-order valence-corrected chi connectivity index (χ3v) is 4.37. The van der Waals surface area contributed by atoms with Gasteiger partial charge in [-0.2, -0.15) is 5.10 Å². The molecule has 0 fully saturated rings. The number of hydrogen-bond acceptors (Lipinski definition) is 3. The SMILES string of the molecule is O=C(Nc1ccc2cn[nH]c2c1)C(Cc1ccccn1)c1ccccc1. The molecule has 1 unspecified atom stereocenters. The van der Waals surface area contributed by atoms with E-state index in [-0.39, 0.29) is 11.8 Å². The number of carbonyl (C=O) groups is 1. The van der Waals surface area contributed by atoms with Gasteiger partial charge in [-0.05, 0) is 35.9 Å². The van der Waals surface area contributed by atoms with Crippen LogP contribution in [0.15, 0.2) is 79.1 Å². The molecule has 1 atom stereocenters. The number of fused-ring (bicyclic) bond motifs is 1. The minimum absolute atomic E-state index is 0.0549. The van der Waals surface area contributed by atoms with Gasteiger partial charge in [0.1, 0.15) is 0 Å². The van der Waals surface area contributed by atoms with E-state index in [1.54, 1.807) is 12.4 Å². The van der Waals surface area contributed by atoms with Crippen LogP contribution < -0.4 is 5.32 Å². The van der Waals surface area contributed by atoms with Crippen LogP contribution in [0.2, 0.25) is 0 Å². The van der Waals surface area contributed by atoms with Gasteiger partial charge in [0.15, 0.2) is 0 Å². The molecule has 2 N–H and O–H groups in total. The highest BCUT2D eigenvalue weighted by Gasteiger charge is 2.22. The first-order chi connectivity index (χ1) is 12.8. The Hall–Kier alpha value is -3.47. The second-order valence-corrected chi connectivity index (χ2v) is 6.15. The summed E-state index contributed by atoms with van der Waals surface area (Å²) in [4.78, 5) is 17.4. The molecule has 0 bridgehead atoms. The van der Waals surface area contributed by atoms with Gasteiger partial charge in [0.05, 0.1) is 17.6 Å². The number of H-pyrrole nitrogens is 1. The lowest BCUT2D eigenvalue weighted by atomic mass is 9.93. The lowest BCUT2D eigenvalue weighted by Crippen LogP contribution is -2.23. The van der Waals surface area contributed by atoms with Crippen molar-refractivity contribution in [3.05, 3.63) is 90.4 Å². The first-order valence-electron chi connectivity index (χ1n) is 8.48. The molecule has 26 heavy (non-hydrogen) atoms. The standard InChI is InChI=1S/C21H18N4O/c26-21(24-18-10-9-16-14-23-25-20(16)13-18)19(15-6-2-1-3-7-15)12-17-8-4-5-11-22-17/h1-11,13-14,19H,12H2,(H,23,25)(H,24,26). The van der Waals surface area contributed by atoms with E-state index < -0.39 is 0 Å². The molecule has 2 aromatic heterocycles. The number of pyridine rings is 1. The van der Waals surface area contributed by atoms with Crippen molar-refractivity contribution in [2.45, 2.75) is 12.3 Å². The molecule has 2 aromatic carbocycles. The van der Waals surface area contributed by atoms with E-state index >= 15 is 0 Å². The van der Waals surface area contributed by atoms with Crippen molar-refractivity contribution in [1.29, 1.82) is 0 Å². The molecular weight excluding hydrogens is 324 g/mol. The maximum atomic E-state index is 13.0. The summed E-state index contributed by atoms with van der Waals surface area (Å²) in [6, 6.07) is 21.3. The largest absolute Gasteiger partial charge is 0.325 e. The van der Waals surface area contributed by atoms with Gasteiger partial charge in [-0.1, -0.05) is 36.4 Å². The van der Waals surface area contributed by atoms with Gasteiger partial charge in [0, 0.05) is 29.4 Å². The number of nitrogens with one attached hydrogen (secondary N) is 2. The zero-order valence-electron chi connectivity index (χ0n) is 14.1. The molecule has 0 aliphatic carbocycles. The number of amides is 1. The first kappa shape index (κ1) is 16.0. The molecule has 0 spiro atoms. The number of rotatable bonds is 5. The molecule has 0 aliphatic heterocycles. The lowest BCUT2D eigenvalue weighted by molar-refractivity contribution is -0.117. The highest BCUT2D eigenvalue weighted by molar-refractivity contribution is 5.97. The zero-order valence-corrected chi connectivity index (χ0v) is 14.1. The van der Waals surface area contributed by atoms with E-state index in [0.29, 0.717) is 6.42 Å². The third kappa shape index (κ3) is 3.47. The Morgan fingerprint density at radius 2 is 1.88 bits per heavy atom. The fourth-order valence-corrected chi connectivity index (χ4v) is 3.02. The van der Waals surface area contributed by atoms with Gasteiger partial charge in [-0.15, -0.1) is 0 Å². The monoisotopic (exact) mass is 342 g/mol. The van der Waals surface area contributed by atoms with Crippen LogP contribution in [0.4, 0.5) is 5.69 Å². The molecule has 0 aliphatic rings. The summed E-state index contributed by atoms with van der Waals surface area (Å²) >= 11 is 0. The summed E-state index contributed by atoms with van der Waals surface area (Å²) in [5.74, 6) is -0.371. The van der Waals surface area contributed by atoms with E-state index in [2.05, 4.69) is 20.5 Å². The quantitative estimate of drug-likeness (QED) is 0.577. The van der Waals surface area contributed by atoms with Gasteiger partial charge in [-0.25, -0.2) is 0 Å². The van der Waals surface area contributed by atoms with Crippen molar-refractivity contribution in [3.8, 4) is 0 Å². The Labute approximate surface area is 151 Å². The fraction of sp³-hybridized carbons (Fsp3) is 0.0952. The second-order valence-electron chi connectivity index (χ2n) is 6.15. The Bertz CT molecular complexity index is 1010. The predicted molar refractivity (Wildman–Crippen MR) is 102 cm³/mol. The number of carbonyl (C=O) groups excluding carboxylic acids is 1. The van der Waals surface area contributed by atoms with Gasteiger partial charge < -0.3 is 5.32 Å². The molecule has 0 saturated heterocycles. The minimum Gasteiger partial charge on any atom is -0.325 e. The summed E-state index contributed by atoms with van der Waals surface area (Å²) in [5.41, 5.74) is 3.50. The second kappa shape index (κ2) is 7.19. The molecule has 0 radical (unpaired) electrons. The molecular formula is C21H18N4O. The van der Waals surface area contributed by atoms with E-state index in [1.165, 1.54) is 0 Å². The van der Waals surface area contributed by atoms with E-state index in [9.17, 15) is 4.79 Å². The van der Waals surface area contributed by atoms with Crippen LogP contribution in [0.5, 0.6) is 0 Å².